The van der Waals surface area contributed by atoms with Crippen LogP contribution < -0.4 is 14.8 Å². The highest BCUT2D eigenvalue weighted by atomic mass is 16.5. The van der Waals surface area contributed by atoms with Crippen LogP contribution in [0.5, 0.6) is 11.6 Å². The fraction of sp³-hybridized carbons (Fsp3) is 0.350. The number of hydrogen-bond acceptors (Lipinski definition) is 7. The Morgan fingerprint density at radius 1 is 1.21 bits per heavy atom. The lowest BCUT2D eigenvalue weighted by atomic mass is 10.1. The van der Waals surface area contributed by atoms with Crippen LogP contribution in [0.1, 0.15) is 32.2 Å². The highest BCUT2D eigenvalue weighted by Gasteiger charge is 2.21. The maximum atomic E-state index is 10.3. The van der Waals surface area contributed by atoms with Crippen LogP contribution in [0.2, 0.25) is 0 Å². The Morgan fingerprint density at radius 2 is 2.00 bits per heavy atom. The fourth-order valence-electron chi connectivity index (χ4n) is 2.67. The molecule has 0 radical (unpaired) electrons. The standard InChI is InChI=1S/C20H25N5O3/c1-6-28-18-10-17(20(3,4)26)23-19(24-18)22-14-7-8-15(16(9-14)27-5)25-11-13(2)21-12-25/h7-12,26H,6H2,1-5H3,(H,22,23,24). The number of aliphatic hydroxyl groups is 1. The van der Waals surface area contributed by atoms with Gasteiger partial charge in [-0.05, 0) is 39.8 Å². The molecule has 0 bridgehead atoms. The van der Waals surface area contributed by atoms with Crippen LogP contribution in [0.4, 0.5) is 11.6 Å². The molecule has 0 saturated carbocycles. The lowest BCUT2D eigenvalue weighted by molar-refractivity contribution is 0.0734. The zero-order valence-corrected chi connectivity index (χ0v) is 16.7. The molecular weight excluding hydrogens is 358 g/mol. The summed E-state index contributed by atoms with van der Waals surface area (Å²) in [6.07, 6.45) is 3.67. The van der Waals surface area contributed by atoms with Crippen molar-refractivity contribution in [2.75, 3.05) is 19.0 Å². The second-order valence-electron chi connectivity index (χ2n) is 6.84. The van der Waals surface area contributed by atoms with Crippen LogP contribution in [0.3, 0.4) is 0 Å². The van der Waals surface area contributed by atoms with E-state index in [0.717, 1.165) is 17.1 Å². The molecular formula is C20H25N5O3. The number of ether oxygens (including phenoxy) is 2. The molecule has 28 heavy (non-hydrogen) atoms. The van der Waals surface area contributed by atoms with Crippen molar-refractivity contribution in [1.29, 1.82) is 0 Å². The third kappa shape index (κ3) is 4.40. The molecule has 2 heterocycles. The second-order valence-corrected chi connectivity index (χ2v) is 6.84. The zero-order chi connectivity index (χ0) is 20.3. The van der Waals surface area contributed by atoms with Gasteiger partial charge in [0.25, 0.3) is 0 Å². The van der Waals surface area contributed by atoms with E-state index < -0.39 is 5.60 Å². The Labute approximate surface area is 164 Å². The number of nitrogens with zero attached hydrogens (tertiary/aromatic N) is 4. The van der Waals surface area contributed by atoms with Gasteiger partial charge in [0.2, 0.25) is 11.8 Å². The molecule has 0 unspecified atom stereocenters. The maximum absolute atomic E-state index is 10.3. The Bertz CT molecular complexity index is 963. The maximum Gasteiger partial charge on any atom is 0.230 e. The smallest absolute Gasteiger partial charge is 0.230 e. The highest BCUT2D eigenvalue weighted by molar-refractivity contribution is 5.62. The second kappa shape index (κ2) is 7.85. The largest absolute Gasteiger partial charge is 0.494 e. The number of benzene rings is 1. The van der Waals surface area contributed by atoms with Crippen molar-refractivity contribution in [3.63, 3.8) is 0 Å². The molecule has 8 heteroatoms. The lowest BCUT2D eigenvalue weighted by Crippen LogP contribution is -2.19. The van der Waals surface area contributed by atoms with Gasteiger partial charge in [0, 0.05) is 24.0 Å². The molecule has 1 aromatic carbocycles. The molecule has 8 nitrogen and oxygen atoms in total. The summed E-state index contributed by atoms with van der Waals surface area (Å²) in [5.74, 6) is 1.40. The lowest BCUT2D eigenvalue weighted by Gasteiger charge is -2.19. The van der Waals surface area contributed by atoms with Crippen LogP contribution >= 0.6 is 0 Å². The van der Waals surface area contributed by atoms with Crippen molar-refractivity contribution < 1.29 is 14.6 Å². The summed E-state index contributed by atoms with van der Waals surface area (Å²) in [6.45, 7) is 7.61. The molecule has 148 valence electrons. The van der Waals surface area contributed by atoms with E-state index in [9.17, 15) is 5.11 Å². The summed E-state index contributed by atoms with van der Waals surface area (Å²) in [4.78, 5) is 13.0. The third-order valence-electron chi connectivity index (χ3n) is 4.05. The number of anilines is 2. The van der Waals surface area contributed by atoms with E-state index in [2.05, 4.69) is 20.3 Å². The average Bonchev–Trinajstić information content (AvgIpc) is 3.07. The Balaban J connectivity index is 1.94. The van der Waals surface area contributed by atoms with Crippen molar-refractivity contribution in [2.45, 2.75) is 33.3 Å². The SMILES string of the molecule is CCOc1cc(C(C)(C)O)nc(Nc2ccc(-n3cnc(C)c3)c(OC)c2)n1. The fourth-order valence-corrected chi connectivity index (χ4v) is 2.67. The van der Waals surface area contributed by atoms with Crippen LogP contribution in [-0.2, 0) is 5.60 Å². The van der Waals surface area contributed by atoms with Gasteiger partial charge in [-0.2, -0.15) is 4.98 Å². The van der Waals surface area contributed by atoms with Crippen LogP contribution in [0.15, 0.2) is 36.8 Å². The number of imidazole rings is 1. The van der Waals surface area contributed by atoms with Crippen molar-refractivity contribution in [3.8, 4) is 17.3 Å². The van der Waals surface area contributed by atoms with Gasteiger partial charge in [-0.15, -0.1) is 0 Å². The molecule has 0 atom stereocenters. The summed E-state index contributed by atoms with van der Waals surface area (Å²) >= 11 is 0. The number of aryl methyl sites for hydroxylation is 1. The van der Waals surface area contributed by atoms with Gasteiger partial charge >= 0.3 is 0 Å². The molecule has 0 amide bonds. The monoisotopic (exact) mass is 383 g/mol. The number of rotatable bonds is 7. The molecule has 0 aliphatic heterocycles. The Kier molecular flexibility index (Phi) is 5.51. The van der Waals surface area contributed by atoms with Crippen LogP contribution in [0.25, 0.3) is 5.69 Å². The predicted molar refractivity (Wildman–Crippen MR) is 107 cm³/mol. The number of nitrogens with one attached hydrogen (secondary N) is 1. The summed E-state index contributed by atoms with van der Waals surface area (Å²) < 4.78 is 12.9. The van der Waals surface area contributed by atoms with Gasteiger partial charge in [0.15, 0.2) is 0 Å². The quantitative estimate of drug-likeness (QED) is 0.646. The number of hydrogen-bond donors (Lipinski definition) is 2. The van der Waals surface area contributed by atoms with E-state index in [4.69, 9.17) is 9.47 Å². The molecule has 0 saturated heterocycles. The zero-order valence-electron chi connectivity index (χ0n) is 16.7. The molecule has 0 aliphatic rings. The van der Waals surface area contributed by atoms with E-state index in [1.807, 2.05) is 42.8 Å². The van der Waals surface area contributed by atoms with Gasteiger partial charge in [-0.3, -0.25) is 0 Å². The van der Waals surface area contributed by atoms with Gasteiger partial charge in [0.05, 0.1) is 37.1 Å². The first-order valence-corrected chi connectivity index (χ1v) is 9.01. The highest BCUT2D eigenvalue weighted by Crippen LogP contribution is 2.29. The normalized spacial score (nSPS) is 11.4. The third-order valence-corrected chi connectivity index (χ3v) is 4.05. The topological polar surface area (TPSA) is 94.3 Å². The minimum Gasteiger partial charge on any atom is -0.494 e. The van der Waals surface area contributed by atoms with Gasteiger partial charge in [0.1, 0.15) is 11.4 Å². The van der Waals surface area contributed by atoms with E-state index in [0.29, 0.717) is 29.9 Å². The minimum atomic E-state index is -1.12. The van der Waals surface area contributed by atoms with E-state index >= 15 is 0 Å². The number of methoxy groups -OCH3 is 1. The molecule has 3 aromatic rings. The van der Waals surface area contributed by atoms with E-state index in [1.165, 1.54) is 0 Å². The van der Waals surface area contributed by atoms with Crippen molar-refractivity contribution in [3.05, 3.63) is 48.2 Å². The predicted octanol–water partition coefficient (Wildman–Crippen LogP) is 3.35. The van der Waals surface area contributed by atoms with Gasteiger partial charge < -0.3 is 24.5 Å². The first kappa shape index (κ1) is 19.6. The Morgan fingerprint density at radius 3 is 2.61 bits per heavy atom. The first-order chi connectivity index (χ1) is 13.3. The molecule has 2 aromatic heterocycles. The summed E-state index contributed by atoms with van der Waals surface area (Å²) in [6, 6.07) is 7.31. The van der Waals surface area contributed by atoms with Crippen LogP contribution in [0, 0.1) is 6.92 Å². The summed E-state index contributed by atoms with van der Waals surface area (Å²) in [5, 5.41) is 13.5. The van der Waals surface area contributed by atoms with Crippen molar-refractivity contribution in [1.82, 2.24) is 19.5 Å². The molecule has 0 fully saturated rings. The molecule has 3 rings (SSSR count). The van der Waals surface area contributed by atoms with E-state index in [-0.39, 0.29) is 0 Å². The van der Waals surface area contributed by atoms with E-state index in [1.54, 1.807) is 33.4 Å². The van der Waals surface area contributed by atoms with Gasteiger partial charge in [-0.1, -0.05) is 0 Å². The number of aromatic nitrogens is 4. The molecule has 2 N–H and O–H groups in total. The average molecular weight is 383 g/mol. The van der Waals surface area contributed by atoms with Crippen LogP contribution in [-0.4, -0.2) is 38.3 Å². The Hall–Kier alpha value is -3.13. The van der Waals surface area contributed by atoms with Crippen molar-refractivity contribution >= 4 is 11.6 Å². The minimum absolute atomic E-state index is 0.330. The van der Waals surface area contributed by atoms with Gasteiger partial charge in [-0.25, -0.2) is 9.97 Å². The molecule has 0 spiro atoms. The summed E-state index contributed by atoms with van der Waals surface area (Å²) in [7, 11) is 1.62. The summed E-state index contributed by atoms with van der Waals surface area (Å²) in [5.41, 5.74) is 1.88. The van der Waals surface area contributed by atoms with Crippen molar-refractivity contribution in [2.24, 2.45) is 0 Å². The molecule has 0 aliphatic carbocycles. The first-order valence-electron chi connectivity index (χ1n) is 9.01.